The van der Waals surface area contributed by atoms with Crippen molar-refractivity contribution in [3.05, 3.63) is 0 Å². The molecule has 20 aliphatic carbocycles. The number of hydrogen-bond acceptors (Lipinski definition) is 0. The maximum Gasteiger partial charge on any atom is -0.0172 e. The third-order valence-corrected chi connectivity index (χ3v) is 33.7. The van der Waals surface area contributed by atoms with Gasteiger partial charge in [-0.25, -0.2) is 0 Å². The monoisotopic (exact) mass is 1240 g/mol. The standard InChI is InChI=1S/C14H20.C14H26.2C13H24.C12H22.C11H20.6C2H6/c1-5(2)13-7-10-8(13)12-9(13)11(7)14(10,12)6(3)4;1-11(2)13-5-8-14(9-6-13,10-7-13)12(3)4;1-10(2)12-5-7-13(9-12,8-6-12)11(3)4;1-10(2)12-6-5-7-13(8-12,9-12)11(3)4;1-9(2)11-5-6-12(7-11,8-11)10(3)4;1-8(2)10-5-11(6-10,7-10)9(3)4;6*1-2/h5-12H,1-4H3;11-12H,5-10H2,1-4H3;2*10-11H,5-9H2,1-4H3;9-10H,5-8H2,1-4H3;8-9H,5-7H2,1-4H3;6*1-2H3. The SMILES string of the molecule is CC.CC.CC.CC.CC.CC.CC(C)C12C3C4C1C1C2C3C41C(C)C.CC(C)C12CC(C(C)C)(C1)C2.CC(C)C12CCC(C(C)C)(C1)C2.CC(C)C12CCC(C(C)C)(CC1)C2.CC(C)C12CCC(C(C)C)(CC1)CC2.CC(C)C12CCCC(C(C)C)(C1)C2. The van der Waals surface area contributed by atoms with Crippen molar-refractivity contribution < 1.29 is 0 Å². The average molecular weight is 1240 g/mol. The van der Waals surface area contributed by atoms with Gasteiger partial charge in [-0.15, -0.1) is 0 Å². The third kappa shape index (κ3) is 12.3. The Hall–Kier alpha value is 0. The second-order valence-corrected chi connectivity index (χ2v) is 37.9. The van der Waals surface area contributed by atoms with Crippen LogP contribution in [-0.2, 0) is 0 Å². The molecule has 0 aromatic heterocycles. The minimum atomic E-state index is 0.747. The van der Waals surface area contributed by atoms with Crippen molar-refractivity contribution in [3.8, 4) is 0 Å². The van der Waals surface area contributed by atoms with E-state index >= 15 is 0 Å². The second-order valence-electron chi connectivity index (χ2n) is 37.9. The highest BCUT2D eigenvalue weighted by Gasteiger charge is 3.09. The van der Waals surface area contributed by atoms with Crippen LogP contribution >= 0.6 is 0 Å². The van der Waals surface area contributed by atoms with Gasteiger partial charge < -0.3 is 0 Å². The third-order valence-electron chi connectivity index (χ3n) is 33.7. The van der Waals surface area contributed by atoms with Crippen molar-refractivity contribution >= 4 is 0 Å². The first-order chi connectivity index (χ1) is 41.7. The summed E-state index contributed by atoms with van der Waals surface area (Å²) in [7, 11) is 0. The van der Waals surface area contributed by atoms with Crippen molar-refractivity contribution in [2.24, 2.45) is 172 Å². The number of fused-ring (bicyclic) bond motifs is 8. The van der Waals surface area contributed by atoms with Gasteiger partial charge in [0.2, 0.25) is 0 Å². The molecular formula is C89H172. The molecule has 0 aromatic rings. The normalized spacial score (nSPS) is 44.2. The van der Waals surface area contributed by atoms with E-state index < -0.39 is 0 Å². The first kappa shape index (κ1) is 81.4. The molecule has 0 unspecified atom stereocenters. The molecule has 0 aromatic carbocycles. The van der Waals surface area contributed by atoms with E-state index in [4.69, 9.17) is 0 Å². The van der Waals surface area contributed by atoms with Crippen molar-refractivity contribution in [1.82, 2.24) is 0 Å². The first-order valence-corrected chi connectivity index (χ1v) is 41.7. The number of hydrogen-bond donors (Lipinski definition) is 0. The minimum Gasteiger partial charge on any atom is -0.0683 e. The molecule has 20 aliphatic rings. The van der Waals surface area contributed by atoms with E-state index in [2.05, 4.69) is 166 Å². The smallest absolute Gasteiger partial charge is 0.0172 e. The maximum absolute atomic E-state index is 2.49. The van der Waals surface area contributed by atoms with E-state index in [0.717, 1.165) is 136 Å². The molecule has 0 aliphatic heterocycles. The molecule has 0 heterocycles. The predicted octanol–water partition coefficient (Wildman–Crippen LogP) is 29.7. The van der Waals surface area contributed by atoms with Gasteiger partial charge in [-0.1, -0.05) is 256 Å². The lowest BCUT2D eigenvalue weighted by molar-refractivity contribution is -0.674. The van der Waals surface area contributed by atoms with Gasteiger partial charge in [0, 0.05) is 0 Å². The molecule has 0 saturated heterocycles. The quantitative estimate of drug-likeness (QED) is 0.183. The summed E-state index contributed by atoms with van der Waals surface area (Å²) >= 11 is 0. The molecule has 528 valence electrons. The summed E-state index contributed by atoms with van der Waals surface area (Å²) in [6.07, 6.45) is 35.0. The van der Waals surface area contributed by atoms with Crippen molar-refractivity contribution in [2.45, 2.75) is 397 Å². The first-order valence-electron chi connectivity index (χ1n) is 41.7. The average Bonchev–Trinajstić information content (AvgIpc) is 0.875. The highest BCUT2D eigenvalue weighted by molar-refractivity contribution is 5.55. The summed E-state index contributed by atoms with van der Waals surface area (Å²) in [5.41, 5.74) is 9.57. The Morgan fingerprint density at radius 3 is 0.438 bits per heavy atom. The number of rotatable bonds is 12. The van der Waals surface area contributed by atoms with Crippen LogP contribution < -0.4 is 0 Å². The van der Waals surface area contributed by atoms with Crippen LogP contribution in [0.3, 0.4) is 0 Å². The summed E-state index contributed by atoms with van der Waals surface area (Å²) in [6.45, 7) is 82.4. The zero-order valence-corrected chi connectivity index (χ0v) is 68.7. The Labute approximate surface area is 565 Å². The van der Waals surface area contributed by atoms with Gasteiger partial charge in [0.05, 0.1) is 0 Å². The molecule has 20 rings (SSSR count). The summed E-state index contributed by atoms with van der Waals surface area (Å²) in [5, 5.41) is 0. The van der Waals surface area contributed by atoms with Gasteiger partial charge in [-0.3, -0.25) is 0 Å². The Balaban J connectivity index is 0.000000221. The van der Waals surface area contributed by atoms with E-state index in [1.165, 1.54) is 183 Å². The van der Waals surface area contributed by atoms with Crippen LogP contribution in [0.25, 0.3) is 0 Å². The molecule has 20 saturated carbocycles. The highest BCUT2D eigenvalue weighted by atomic mass is 15.1. The topological polar surface area (TPSA) is 0 Å². The molecule has 0 radical (unpaired) electrons. The van der Waals surface area contributed by atoms with Gasteiger partial charge in [-0.05, 0) is 313 Å². The Kier molecular flexibility index (Phi) is 27.4. The van der Waals surface area contributed by atoms with E-state index in [0.29, 0.717) is 0 Å². The molecule has 20 fully saturated rings. The van der Waals surface area contributed by atoms with E-state index in [-0.39, 0.29) is 0 Å². The van der Waals surface area contributed by atoms with Gasteiger partial charge in [0.25, 0.3) is 0 Å². The summed E-state index contributed by atoms with van der Waals surface area (Å²) in [6, 6.07) is 0. The van der Waals surface area contributed by atoms with Gasteiger partial charge >= 0.3 is 0 Å². The Morgan fingerprint density at radius 2 is 0.292 bits per heavy atom. The summed E-state index contributed by atoms with van der Waals surface area (Å²) in [4.78, 5) is 0. The molecule has 0 atom stereocenters. The predicted molar refractivity (Wildman–Crippen MR) is 402 cm³/mol. The molecule has 0 spiro atoms. The largest absolute Gasteiger partial charge is 0.0683 e. The van der Waals surface area contributed by atoms with E-state index in [1.807, 2.05) is 83.1 Å². The lowest BCUT2D eigenvalue weighted by atomic mass is 8.90. The minimum absolute atomic E-state index is 0.747. The van der Waals surface area contributed by atoms with E-state index in [9.17, 15) is 0 Å². The molecule has 89 heavy (non-hydrogen) atoms. The van der Waals surface area contributed by atoms with Gasteiger partial charge in [-0.2, -0.15) is 0 Å². The zero-order valence-electron chi connectivity index (χ0n) is 68.7. The summed E-state index contributed by atoms with van der Waals surface area (Å²) in [5.74, 6) is 18.5. The molecular weight excluding hydrogens is 1070 g/mol. The van der Waals surface area contributed by atoms with Crippen LogP contribution in [0.5, 0.6) is 0 Å². The summed E-state index contributed by atoms with van der Waals surface area (Å²) < 4.78 is 0. The zero-order chi connectivity index (χ0) is 68.7. The molecule has 0 amide bonds. The van der Waals surface area contributed by atoms with Crippen molar-refractivity contribution in [3.63, 3.8) is 0 Å². The molecule has 0 N–H and O–H groups in total. The molecule has 10 bridgehead atoms. The van der Waals surface area contributed by atoms with Crippen LogP contribution in [0, 0.1) is 172 Å². The Bertz CT molecular complexity index is 1830. The lowest BCUT2D eigenvalue weighted by Crippen LogP contribution is -3.11. The Morgan fingerprint density at radius 1 is 0.157 bits per heavy atom. The van der Waals surface area contributed by atoms with Crippen LogP contribution in [0.2, 0.25) is 0 Å². The fourth-order valence-electron chi connectivity index (χ4n) is 26.5. The van der Waals surface area contributed by atoms with Gasteiger partial charge in [0.1, 0.15) is 0 Å². The van der Waals surface area contributed by atoms with Gasteiger partial charge in [0.15, 0.2) is 0 Å². The fourth-order valence-corrected chi connectivity index (χ4v) is 26.5. The lowest BCUT2D eigenvalue weighted by Gasteiger charge is -3.13. The van der Waals surface area contributed by atoms with Crippen LogP contribution in [0.15, 0.2) is 0 Å². The highest BCUT2D eigenvalue weighted by Crippen LogP contribution is 3.12. The van der Waals surface area contributed by atoms with Crippen LogP contribution in [0.1, 0.15) is 397 Å². The maximum atomic E-state index is 2.49. The van der Waals surface area contributed by atoms with Crippen molar-refractivity contribution in [2.75, 3.05) is 0 Å². The molecule has 0 heteroatoms. The van der Waals surface area contributed by atoms with Crippen molar-refractivity contribution in [1.29, 1.82) is 0 Å². The van der Waals surface area contributed by atoms with Crippen LogP contribution in [-0.4, -0.2) is 0 Å². The molecule has 0 nitrogen and oxygen atoms in total. The van der Waals surface area contributed by atoms with Crippen LogP contribution in [0.4, 0.5) is 0 Å². The second kappa shape index (κ2) is 30.0. The van der Waals surface area contributed by atoms with E-state index in [1.54, 1.807) is 0 Å². The fraction of sp³-hybridized carbons (Fsp3) is 1.00.